The second-order valence-electron chi connectivity index (χ2n) is 3.03. The monoisotopic (exact) mass is 179 g/mol. The molecule has 0 aliphatic carbocycles. The largest absolute Gasteiger partial charge is 0.330 e. The van der Waals surface area contributed by atoms with Crippen LogP contribution in [0.3, 0.4) is 0 Å². The van der Waals surface area contributed by atoms with E-state index in [1.54, 1.807) is 0 Å². The van der Waals surface area contributed by atoms with Gasteiger partial charge in [0.2, 0.25) is 0 Å². The highest BCUT2D eigenvalue weighted by atomic mass is 14.5. The third-order valence-corrected chi connectivity index (χ3v) is 1.83. The molecule has 0 fully saturated rings. The van der Waals surface area contributed by atoms with E-state index in [0.29, 0.717) is 5.92 Å². The molecule has 1 aromatic carbocycles. The molecule has 0 aliphatic heterocycles. The highest BCUT2D eigenvalue weighted by Crippen LogP contribution is 2.05. The molecule has 0 amide bonds. The van der Waals surface area contributed by atoms with Crippen LogP contribution >= 0.6 is 0 Å². The molecule has 1 atom stereocenters. The van der Waals surface area contributed by atoms with Gasteiger partial charge in [0.15, 0.2) is 0 Å². The summed E-state index contributed by atoms with van der Waals surface area (Å²) in [5, 5.41) is 0. The lowest BCUT2D eigenvalue weighted by molar-refractivity contribution is 0.593. The molecule has 0 spiro atoms. The lowest BCUT2D eigenvalue weighted by Crippen LogP contribution is -2.12. The van der Waals surface area contributed by atoms with Crippen LogP contribution in [0.25, 0.3) is 0 Å². The first-order valence-corrected chi connectivity index (χ1v) is 5.07. The zero-order chi connectivity index (χ0) is 10.1. The summed E-state index contributed by atoms with van der Waals surface area (Å²) < 4.78 is 0. The third kappa shape index (κ3) is 5.42. The summed E-state index contributed by atoms with van der Waals surface area (Å²) in [5.74, 6) is 0.595. The van der Waals surface area contributed by atoms with E-state index in [1.165, 1.54) is 5.56 Å². The van der Waals surface area contributed by atoms with Crippen molar-refractivity contribution in [3.63, 3.8) is 0 Å². The van der Waals surface area contributed by atoms with E-state index >= 15 is 0 Å². The van der Waals surface area contributed by atoms with E-state index in [4.69, 9.17) is 5.73 Å². The van der Waals surface area contributed by atoms with Crippen molar-refractivity contribution in [3.05, 3.63) is 35.9 Å². The van der Waals surface area contributed by atoms with E-state index in [2.05, 4.69) is 31.2 Å². The Balaban J connectivity index is 0.000000671. The maximum absolute atomic E-state index is 5.52. The van der Waals surface area contributed by atoms with E-state index in [-0.39, 0.29) is 0 Å². The molecule has 1 aromatic rings. The van der Waals surface area contributed by atoms with Crippen molar-refractivity contribution in [2.24, 2.45) is 11.7 Å². The minimum Gasteiger partial charge on any atom is -0.330 e. The molecule has 0 saturated carbocycles. The lowest BCUT2D eigenvalue weighted by Gasteiger charge is -2.06. The Labute approximate surface area is 82.0 Å². The Kier molecular flexibility index (Phi) is 7.32. The highest BCUT2D eigenvalue weighted by molar-refractivity contribution is 5.15. The van der Waals surface area contributed by atoms with Gasteiger partial charge in [-0.1, -0.05) is 51.1 Å². The Bertz CT molecular complexity index is 194. The van der Waals surface area contributed by atoms with E-state index in [0.717, 1.165) is 13.0 Å². The Morgan fingerprint density at radius 1 is 1.15 bits per heavy atom. The van der Waals surface area contributed by atoms with Crippen LogP contribution in [0, 0.1) is 5.92 Å². The molecule has 1 heteroatoms. The second-order valence-corrected chi connectivity index (χ2v) is 3.03. The number of rotatable bonds is 3. The van der Waals surface area contributed by atoms with Gasteiger partial charge in [0, 0.05) is 0 Å². The van der Waals surface area contributed by atoms with Gasteiger partial charge < -0.3 is 5.73 Å². The van der Waals surface area contributed by atoms with Crippen LogP contribution in [0.5, 0.6) is 0 Å². The van der Waals surface area contributed by atoms with Gasteiger partial charge in [-0.2, -0.15) is 0 Å². The normalized spacial score (nSPS) is 11.4. The molecule has 0 bridgehead atoms. The summed E-state index contributed by atoms with van der Waals surface area (Å²) in [6.45, 7) is 6.95. The van der Waals surface area contributed by atoms with Gasteiger partial charge in [-0.05, 0) is 24.4 Å². The number of benzene rings is 1. The van der Waals surface area contributed by atoms with Gasteiger partial charge in [0.25, 0.3) is 0 Å². The van der Waals surface area contributed by atoms with Crippen LogP contribution in [-0.2, 0) is 6.42 Å². The Morgan fingerprint density at radius 2 is 1.69 bits per heavy atom. The van der Waals surface area contributed by atoms with Crippen molar-refractivity contribution < 1.29 is 0 Å². The average molecular weight is 179 g/mol. The minimum absolute atomic E-state index is 0.595. The SMILES string of the molecule is CC.CC(CN)Cc1ccccc1. The molecule has 0 aromatic heterocycles. The van der Waals surface area contributed by atoms with Crippen molar-refractivity contribution in [2.75, 3.05) is 6.54 Å². The van der Waals surface area contributed by atoms with Crippen molar-refractivity contribution in [1.29, 1.82) is 0 Å². The smallest absolute Gasteiger partial charge is 0.00483 e. The Morgan fingerprint density at radius 3 is 2.15 bits per heavy atom. The fraction of sp³-hybridized carbons (Fsp3) is 0.500. The topological polar surface area (TPSA) is 26.0 Å². The second kappa shape index (κ2) is 7.81. The zero-order valence-electron chi connectivity index (χ0n) is 8.96. The predicted molar refractivity (Wildman–Crippen MR) is 59.7 cm³/mol. The number of hydrogen-bond acceptors (Lipinski definition) is 1. The molecule has 0 heterocycles. The van der Waals surface area contributed by atoms with E-state index in [1.807, 2.05) is 19.9 Å². The molecule has 1 nitrogen and oxygen atoms in total. The summed E-state index contributed by atoms with van der Waals surface area (Å²) in [4.78, 5) is 0. The fourth-order valence-corrected chi connectivity index (χ4v) is 1.10. The van der Waals surface area contributed by atoms with Crippen LogP contribution in [0.15, 0.2) is 30.3 Å². The van der Waals surface area contributed by atoms with Crippen LogP contribution < -0.4 is 5.73 Å². The molecule has 0 aliphatic rings. The van der Waals surface area contributed by atoms with E-state index < -0.39 is 0 Å². The summed E-state index contributed by atoms with van der Waals surface area (Å²) >= 11 is 0. The molecule has 13 heavy (non-hydrogen) atoms. The van der Waals surface area contributed by atoms with Crippen molar-refractivity contribution in [3.8, 4) is 0 Å². The quantitative estimate of drug-likeness (QED) is 0.758. The molecular formula is C12H21N. The summed E-state index contributed by atoms with van der Waals surface area (Å²) in [6.07, 6.45) is 1.09. The van der Waals surface area contributed by atoms with Gasteiger partial charge in [0.1, 0.15) is 0 Å². The predicted octanol–water partition coefficient (Wildman–Crippen LogP) is 2.85. The van der Waals surface area contributed by atoms with Crippen LogP contribution in [-0.4, -0.2) is 6.54 Å². The molecule has 1 rings (SSSR count). The van der Waals surface area contributed by atoms with Gasteiger partial charge in [-0.25, -0.2) is 0 Å². The van der Waals surface area contributed by atoms with Gasteiger partial charge in [-0.3, -0.25) is 0 Å². The molecule has 0 saturated heterocycles. The van der Waals surface area contributed by atoms with E-state index in [9.17, 15) is 0 Å². The number of nitrogens with two attached hydrogens (primary N) is 1. The average Bonchev–Trinajstić information content (AvgIpc) is 2.22. The molecule has 2 N–H and O–H groups in total. The summed E-state index contributed by atoms with van der Waals surface area (Å²) in [6, 6.07) is 10.5. The van der Waals surface area contributed by atoms with Crippen LogP contribution in [0.4, 0.5) is 0 Å². The summed E-state index contributed by atoms with van der Waals surface area (Å²) in [5.41, 5.74) is 6.90. The molecule has 0 radical (unpaired) electrons. The first-order valence-electron chi connectivity index (χ1n) is 5.07. The third-order valence-electron chi connectivity index (χ3n) is 1.83. The van der Waals surface area contributed by atoms with Crippen molar-refractivity contribution in [1.82, 2.24) is 0 Å². The molecule has 1 unspecified atom stereocenters. The van der Waals surface area contributed by atoms with Gasteiger partial charge in [0.05, 0.1) is 0 Å². The van der Waals surface area contributed by atoms with Gasteiger partial charge in [-0.15, -0.1) is 0 Å². The maximum atomic E-state index is 5.52. The summed E-state index contributed by atoms with van der Waals surface area (Å²) in [7, 11) is 0. The maximum Gasteiger partial charge on any atom is -0.00483 e. The Hall–Kier alpha value is -0.820. The zero-order valence-corrected chi connectivity index (χ0v) is 8.96. The number of hydrogen-bond donors (Lipinski definition) is 1. The van der Waals surface area contributed by atoms with Crippen LogP contribution in [0.2, 0.25) is 0 Å². The molecular weight excluding hydrogens is 158 g/mol. The first-order chi connectivity index (χ1) is 6.33. The molecule has 74 valence electrons. The lowest BCUT2D eigenvalue weighted by atomic mass is 10.0. The van der Waals surface area contributed by atoms with Gasteiger partial charge >= 0.3 is 0 Å². The standard InChI is InChI=1S/C10H15N.C2H6/c1-9(8-11)7-10-5-3-2-4-6-10;1-2/h2-6,9H,7-8,11H2,1H3;1-2H3. The van der Waals surface area contributed by atoms with Crippen LogP contribution in [0.1, 0.15) is 26.3 Å². The van der Waals surface area contributed by atoms with Crippen molar-refractivity contribution in [2.45, 2.75) is 27.2 Å². The fourth-order valence-electron chi connectivity index (χ4n) is 1.10. The highest BCUT2D eigenvalue weighted by Gasteiger charge is 1.98. The minimum atomic E-state index is 0.595. The van der Waals surface area contributed by atoms with Crippen molar-refractivity contribution >= 4 is 0 Å². The first kappa shape index (κ1) is 12.2.